The number of hydrogen-bond acceptors (Lipinski definition) is 2. The molecule has 1 aromatic rings. The van der Waals surface area contributed by atoms with Gasteiger partial charge in [-0.3, -0.25) is 0 Å². The van der Waals surface area contributed by atoms with Crippen LogP contribution in [0.1, 0.15) is 39.7 Å². The Balaban J connectivity index is 2.56. The van der Waals surface area contributed by atoms with Crippen LogP contribution in [0.3, 0.4) is 0 Å². The Morgan fingerprint density at radius 2 is 2.00 bits per heavy atom. The van der Waals surface area contributed by atoms with E-state index in [4.69, 9.17) is 4.74 Å². The lowest BCUT2D eigenvalue weighted by Crippen LogP contribution is -2.13. The summed E-state index contributed by atoms with van der Waals surface area (Å²) in [7, 11) is 0. The van der Waals surface area contributed by atoms with Crippen molar-refractivity contribution in [3.8, 4) is 0 Å². The van der Waals surface area contributed by atoms with E-state index in [0.29, 0.717) is 12.6 Å². The third-order valence-electron chi connectivity index (χ3n) is 2.54. The van der Waals surface area contributed by atoms with Gasteiger partial charge in [0, 0.05) is 11.7 Å². The average Bonchev–Trinajstić information content (AvgIpc) is 2.26. The van der Waals surface area contributed by atoms with Crippen molar-refractivity contribution in [2.24, 2.45) is 0 Å². The van der Waals surface area contributed by atoms with Crippen molar-refractivity contribution in [3.63, 3.8) is 0 Å². The van der Waals surface area contributed by atoms with Crippen LogP contribution in [0.15, 0.2) is 24.3 Å². The minimum Gasteiger partial charge on any atom is -0.383 e. The van der Waals surface area contributed by atoms with E-state index in [1.807, 2.05) is 0 Å². The van der Waals surface area contributed by atoms with Gasteiger partial charge in [0.25, 0.3) is 0 Å². The maximum Gasteiger partial charge on any atom is 0.0721 e. The molecule has 0 aliphatic rings. The first-order chi connectivity index (χ1) is 7.61. The lowest BCUT2D eigenvalue weighted by molar-refractivity contribution is 0.0657. The van der Waals surface area contributed by atoms with Crippen LogP contribution in [0, 0.1) is 0 Å². The van der Waals surface area contributed by atoms with Gasteiger partial charge in [0.2, 0.25) is 0 Å². The predicted octanol–water partition coefficient (Wildman–Crippen LogP) is 3.82. The highest BCUT2D eigenvalue weighted by Gasteiger charge is 2.01. The second-order valence-corrected chi connectivity index (χ2v) is 4.51. The smallest absolute Gasteiger partial charge is 0.0721 e. The molecule has 0 heterocycles. The van der Waals surface area contributed by atoms with Gasteiger partial charge in [0.1, 0.15) is 0 Å². The average molecular weight is 221 g/mol. The molecule has 1 rings (SSSR count). The molecule has 1 unspecified atom stereocenters. The quantitative estimate of drug-likeness (QED) is 0.788. The Kier molecular flexibility index (Phi) is 5.33. The Morgan fingerprint density at radius 3 is 2.62 bits per heavy atom. The Hall–Kier alpha value is -1.02. The molecule has 0 bridgehead atoms. The van der Waals surface area contributed by atoms with Gasteiger partial charge in [-0.25, -0.2) is 0 Å². The molecule has 1 N–H and O–H groups in total. The van der Waals surface area contributed by atoms with E-state index < -0.39 is 0 Å². The SMILES string of the molecule is CCC(C)Nc1cccc(COC(C)C)c1. The number of rotatable bonds is 6. The number of ether oxygens (including phenoxy) is 1. The molecular weight excluding hydrogens is 198 g/mol. The van der Waals surface area contributed by atoms with Gasteiger partial charge in [-0.15, -0.1) is 0 Å². The molecule has 0 saturated carbocycles. The zero-order valence-corrected chi connectivity index (χ0v) is 10.8. The van der Waals surface area contributed by atoms with Gasteiger partial charge in [-0.05, 0) is 44.9 Å². The van der Waals surface area contributed by atoms with Crippen molar-refractivity contribution < 1.29 is 4.74 Å². The van der Waals surface area contributed by atoms with Crippen LogP contribution in [0.2, 0.25) is 0 Å². The number of hydrogen-bond donors (Lipinski definition) is 1. The number of anilines is 1. The molecule has 1 atom stereocenters. The largest absolute Gasteiger partial charge is 0.383 e. The highest BCUT2D eigenvalue weighted by atomic mass is 16.5. The van der Waals surface area contributed by atoms with Crippen molar-refractivity contribution in [3.05, 3.63) is 29.8 Å². The van der Waals surface area contributed by atoms with Crippen molar-refractivity contribution in [1.82, 2.24) is 0 Å². The van der Waals surface area contributed by atoms with Crippen LogP contribution >= 0.6 is 0 Å². The summed E-state index contributed by atoms with van der Waals surface area (Å²) in [4.78, 5) is 0. The minimum absolute atomic E-state index is 0.284. The molecule has 0 fully saturated rings. The first-order valence-electron chi connectivity index (χ1n) is 6.09. The molecule has 0 aliphatic carbocycles. The third-order valence-corrected chi connectivity index (χ3v) is 2.54. The molecule has 2 heteroatoms. The van der Waals surface area contributed by atoms with Crippen LogP contribution in [-0.4, -0.2) is 12.1 Å². The van der Waals surface area contributed by atoms with Crippen LogP contribution < -0.4 is 5.32 Å². The zero-order valence-electron chi connectivity index (χ0n) is 10.8. The van der Waals surface area contributed by atoms with Crippen molar-refractivity contribution >= 4 is 5.69 Å². The van der Waals surface area contributed by atoms with Gasteiger partial charge in [-0.1, -0.05) is 19.1 Å². The van der Waals surface area contributed by atoms with Crippen LogP contribution in [-0.2, 0) is 11.3 Å². The molecule has 0 aliphatic heterocycles. The third kappa shape index (κ3) is 4.67. The van der Waals surface area contributed by atoms with Gasteiger partial charge in [0.15, 0.2) is 0 Å². The molecule has 0 saturated heterocycles. The maximum atomic E-state index is 5.59. The van der Waals surface area contributed by atoms with Crippen LogP contribution in [0.5, 0.6) is 0 Å². The summed E-state index contributed by atoms with van der Waals surface area (Å²) in [5.41, 5.74) is 2.40. The second kappa shape index (κ2) is 6.54. The molecule has 1 aromatic carbocycles. The van der Waals surface area contributed by atoms with Gasteiger partial charge < -0.3 is 10.1 Å². The van der Waals surface area contributed by atoms with Crippen molar-refractivity contribution in [1.29, 1.82) is 0 Å². The van der Waals surface area contributed by atoms with Crippen molar-refractivity contribution in [2.45, 2.75) is 52.9 Å². The molecule has 0 aromatic heterocycles. The molecule has 0 amide bonds. The maximum absolute atomic E-state index is 5.59. The first kappa shape index (κ1) is 13.0. The van der Waals surface area contributed by atoms with E-state index >= 15 is 0 Å². The Labute approximate surface area is 99.0 Å². The van der Waals surface area contributed by atoms with Gasteiger partial charge >= 0.3 is 0 Å². The highest BCUT2D eigenvalue weighted by Crippen LogP contribution is 2.14. The van der Waals surface area contributed by atoms with Gasteiger partial charge in [0.05, 0.1) is 12.7 Å². The molecule has 0 radical (unpaired) electrons. The van der Waals surface area contributed by atoms with E-state index in [9.17, 15) is 0 Å². The van der Waals surface area contributed by atoms with E-state index in [1.54, 1.807) is 0 Å². The standard InChI is InChI=1S/C14H23NO/c1-5-12(4)15-14-8-6-7-13(9-14)10-16-11(2)3/h6-9,11-12,15H,5,10H2,1-4H3. The Morgan fingerprint density at radius 1 is 1.25 bits per heavy atom. The monoisotopic (exact) mass is 221 g/mol. The second-order valence-electron chi connectivity index (χ2n) is 4.51. The molecule has 90 valence electrons. The topological polar surface area (TPSA) is 21.3 Å². The lowest BCUT2D eigenvalue weighted by Gasteiger charge is -2.14. The zero-order chi connectivity index (χ0) is 12.0. The highest BCUT2D eigenvalue weighted by molar-refractivity contribution is 5.46. The summed E-state index contributed by atoms with van der Waals surface area (Å²) in [5, 5.41) is 3.46. The van der Waals surface area contributed by atoms with E-state index in [1.165, 1.54) is 11.3 Å². The fourth-order valence-electron chi connectivity index (χ4n) is 1.40. The van der Waals surface area contributed by atoms with E-state index in [-0.39, 0.29) is 6.10 Å². The summed E-state index contributed by atoms with van der Waals surface area (Å²) in [6.45, 7) is 9.18. The molecule has 16 heavy (non-hydrogen) atoms. The number of nitrogens with one attached hydrogen (secondary N) is 1. The van der Waals surface area contributed by atoms with Crippen LogP contribution in [0.25, 0.3) is 0 Å². The fraction of sp³-hybridized carbons (Fsp3) is 0.571. The predicted molar refractivity (Wildman–Crippen MR) is 69.7 cm³/mol. The summed E-state index contributed by atoms with van der Waals surface area (Å²) in [5.74, 6) is 0. The Bertz CT molecular complexity index is 309. The molecule has 2 nitrogen and oxygen atoms in total. The fourth-order valence-corrected chi connectivity index (χ4v) is 1.40. The first-order valence-corrected chi connectivity index (χ1v) is 6.09. The minimum atomic E-state index is 0.284. The molecular formula is C14H23NO. The van der Waals surface area contributed by atoms with Crippen LogP contribution in [0.4, 0.5) is 5.69 Å². The normalized spacial score (nSPS) is 12.8. The molecule has 0 spiro atoms. The van der Waals surface area contributed by atoms with E-state index in [0.717, 1.165) is 6.42 Å². The number of benzene rings is 1. The summed E-state index contributed by atoms with van der Waals surface area (Å²) in [6, 6.07) is 8.95. The summed E-state index contributed by atoms with van der Waals surface area (Å²) >= 11 is 0. The van der Waals surface area contributed by atoms with Crippen molar-refractivity contribution in [2.75, 3.05) is 5.32 Å². The van der Waals surface area contributed by atoms with E-state index in [2.05, 4.69) is 57.3 Å². The summed E-state index contributed by atoms with van der Waals surface area (Å²) in [6.07, 6.45) is 1.42. The van der Waals surface area contributed by atoms with Gasteiger partial charge in [-0.2, -0.15) is 0 Å². The summed E-state index contributed by atoms with van der Waals surface area (Å²) < 4.78 is 5.59. The lowest BCUT2D eigenvalue weighted by atomic mass is 10.2.